The van der Waals surface area contributed by atoms with Crippen molar-refractivity contribution in [2.75, 3.05) is 38.6 Å². The van der Waals surface area contributed by atoms with Crippen LogP contribution in [0.5, 0.6) is 0 Å². The van der Waals surface area contributed by atoms with E-state index in [1.165, 1.54) is 4.31 Å². The van der Waals surface area contributed by atoms with Crippen molar-refractivity contribution in [3.63, 3.8) is 0 Å². The third-order valence-electron chi connectivity index (χ3n) is 6.77. The average Bonchev–Trinajstić information content (AvgIpc) is 2.78. The molecular weight excluding hydrogens is 481 g/mol. The van der Waals surface area contributed by atoms with Crippen LogP contribution >= 0.6 is 11.6 Å². The summed E-state index contributed by atoms with van der Waals surface area (Å²) < 4.78 is 70.2. The second-order valence-corrected chi connectivity index (χ2v) is 11.6. The molecule has 2 fully saturated rings. The average molecular weight is 511 g/mol. The highest BCUT2D eigenvalue weighted by Crippen LogP contribution is 2.40. The Labute approximate surface area is 197 Å². The molecule has 6 nitrogen and oxygen atoms in total. The van der Waals surface area contributed by atoms with Gasteiger partial charge in [-0.05, 0) is 68.6 Å². The molecule has 2 aliphatic heterocycles. The molecule has 1 N–H and O–H groups in total. The molecule has 1 amide bonds. The Morgan fingerprint density at radius 3 is 2.42 bits per heavy atom. The Hall–Kier alpha value is -1.36. The van der Waals surface area contributed by atoms with Gasteiger partial charge in [0.05, 0.1) is 21.9 Å². The largest absolute Gasteiger partial charge is 0.416 e. The molecule has 0 radical (unpaired) electrons. The minimum absolute atomic E-state index is 0.0168. The van der Waals surface area contributed by atoms with E-state index in [0.717, 1.165) is 37.5 Å². The van der Waals surface area contributed by atoms with Crippen molar-refractivity contribution >= 4 is 27.5 Å². The maximum Gasteiger partial charge on any atom is 0.416 e. The smallest absolute Gasteiger partial charge is 0.381 e. The zero-order chi connectivity index (χ0) is 24.3. The molecule has 2 saturated heterocycles. The molecule has 0 saturated carbocycles. The minimum Gasteiger partial charge on any atom is -0.381 e. The van der Waals surface area contributed by atoms with Gasteiger partial charge in [0.15, 0.2) is 0 Å². The third kappa shape index (κ3) is 6.61. The lowest BCUT2D eigenvalue weighted by Crippen LogP contribution is -2.49. The number of carbonyl (C=O) groups is 1. The summed E-state index contributed by atoms with van der Waals surface area (Å²) in [6.45, 7) is 4.07. The summed E-state index contributed by atoms with van der Waals surface area (Å²) in [6, 6.07) is 2.68. The Balaban J connectivity index is 1.72. The molecule has 0 unspecified atom stereocenters. The van der Waals surface area contributed by atoms with Gasteiger partial charge in [0, 0.05) is 32.8 Å². The lowest BCUT2D eigenvalue weighted by Gasteiger charge is -2.44. The molecule has 0 aromatic heterocycles. The van der Waals surface area contributed by atoms with Crippen LogP contribution < -0.4 is 5.32 Å². The van der Waals surface area contributed by atoms with Crippen molar-refractivity contribution in [3.05, 3.63) is 34.3 Å². The molecule has 2 aliphatic rings. The number of nitrogens with zero attached hydrogens (tertiary/aromatic N) is 1. The summed E-state index contributed by atoms with van der Waals surface area (Å²) >= 11 is 5.98. The third-order valence-corrected chi connectivity index (χ3v) is 8.96. The van der Waals surface area contributed by atoms with Crippen LogP contribution in [0.1, 0.15) is 54.9 Å². The summed E-state index contributed by atoms with van der Waals surface area (Å²) in [6.07, 6.45) is -0.680. The number of hydrogen-bond donors (Lipinski definition) is 1. The van der Waals surface area contributed by atoms with Crippen LogP contribution in [0.2, 0.25) is 5.02 Å². The predicted molar refractivity (Wildman–Crippen MR) is 120 cm³/mol. The highest BCUT2D eigenvalue weighted by atomic mass is 35.5. The van der Waals surface area contributed by atoms with Crippen molar-refractivity contribution in [2.45, 2.75) is 45.2 Å². The molecule has 0 atom stereocenters. The van der Waals surface area contributed by atoms with Gasteiger partial charge in [-0.2, -0.15) is 13.2 Å². The van der Waals surface area contributed by atoms with E-state index in [0.29, 0.717) is 51.6 Å². The fourth-order valence-electron chi connectivity index (χ4n) is 4.68. The van der Waals surface area contributed by atoms with E-state index in [-0.39, 0.29) is 21.8 Å². The number of alkyl halides is 3. The number of piperidine rings is 1. The van der Waals surface area contributed by atoms with E-state index in [4.69, 9.17) is 16.3 Å². The molecule has 0 aliphatic carbocycles. The number of hydrogen-bond acceptors (Lipinski definition) is 4. The topological polar surface area (TPSA) is 75.7 Å². The first-order valence-electron chi connectivity index (χ1n) is 11.2. The number of rotatable bonds is 7. The predicted octanol–water partition coefficient (Wildman–Crippen LogP) is 4.34. The van der Waals surface area contributed by atoms with Crippen LogP contribution in [0.4, 0.5) is 13.2 Å². The van der Waals surface area contributed by atoms with Crippen molar-refractivity contribution in [2.24, 2.45) is 11.3 Å². The lowest BCUT2D eigenvalue weighted by atomic mass is 9.71. The Morgan fingerprint density at radius 2 is 1.88 bits per heavy atom. The second-order valence-electron chi connectivity index (χ2n) is 8.93. The normalized spacial score (nSPS) is 20.5. The standard InChI is InChI=1S/C22H30ClF3N2O4S/c1-2-33(30,31)28-9-7-21(8-10-28,14-16-5-11-32-12-6-16)15-27-20(29)18-4-3-17(13-19(18)23)22(24,25)26/h3-4,13,16H,2,5-12,14-15H2,1H3,(H,27,29). The monoisotopic (exact) mass is 510 g/mol. The summed E-state index contributed by atoms with van der Waals surface area (Å²) in [4.78, 5) is 12.8. The van der Waals surface area contributed by atoms with Gasteiger partial charge >= 0.3 is 6.18 Å². The highest BCUT2D eigenvalue weighted by molar-refractivity contribution is 7.89. The van der Waals surface area contributed by atoms with Gasteiger partial charge in [-0.25, -0.2) is 12.7 Å². The zero-order valence-electron chi connectivity index (χ0n) is 18.6. The van der Waals surface area contributed by atoms with E-state index < -0.39 is 27.7 Å². The van der Waals surface area contributed by atoms with Crippen molar-refractivity contribution in [1.29, 1.82) is 0 Å². The fraction of sp³-hybridized carbons (Fsp3) is 0.682. The number of benzene rings is 1. The van der Waals surface area contributed by atoms with Crippen LogP contribution in [0.25, 0.3) is 0 Å². The van der Waals surface area contributed by atoms with Gasteiger partial charge in [-0.15, -0.1) is 0 Å². The molecule has 0 bridgehead atoms. The van der Waals surface area contributed by atoms with Crippen molar-refractivity contribution in [3.8, 4) is 0 Å². The van der Waals surface area contributed by atoms with Gasteiger partial charge < -0.3 is 10.1 Å². The molecule has 33 heavy (non-hydrogen) atoms. The van der Waals surface area contributed by atoms with Crippen LogP contribution in [0.3, 0.4) is 0 Å². The Kier molecular flexibility index (Phi) is 8.35. The number of sulfonamides is 1. The summed E-state index contributed by atoms with van der Waals surface area (Å²) in [5.74, 6) is -0.0772. The van der Waals surface area contributed by atoms with Gasteiger partial charge in [0.1, 0.15) is 0 Å². The maximum atomic E-state index is 12.9. The number of nitrogens with one attached hydrogen (secondary N) is 1. The molecule has 186 valence electrons. The van der Waals surface area contributed by atoms with E-state index in [1.807, 2.05) is 0 Å². The van der Waals surface area contributed by atoms with Crippen LogP contribution in [-0.4, -0.2) is 57.2 Å². The van der Waals surface area contributed by atoms with E-state index >= 15 is 0 Å². The summed E-state index contributed by atoms with van der Waals surface area (Å²) in [7, 11) is -3.28. The molecule has 1 aromatic rings. The molecule has 2 heterocycles. The lowest BCUT2D eigenvalue weighted by molar-refractivity contribution is -0.137. The van der Waals surface area contributed by atoms with Crippen LogP contribution in [0.15, 0.2) is 18.2 Å². The van der Waals surface area contributed by atoms with Crippen LogP contribution in [0, 0.1) is 11.3 Å². The zero-order valence-corrected chi connectivity index (χ0v) is 20.2. The second kappa shape index (κ2) is 10.5. The van der Waals surface area contributed by atoms with Gasteiger partial charge in [-0.1, -0.05) is 11.6 Å². The Bertz CT molecular complexity index is 941. The molecule has 0 spiro atoms. The van der Waals surface area contributed by atoms with E-state index in [9.17, 15) is 26.4 Å². The minimum atomic E-state index is -4.54. The van der Waals surface area contributed by atoms with E-state index in [1.54, 1.807) is 6.92 Å². The molecule has 1 aromatic carbocycles. The number of halogens is 4. The number of carbonyl (C=O) groups excluding carboxylic acids is 1. The highest BCUT2D eigenvalue weighted by Gasteiger charge is 2.40. The van der Waals surface area contributed by atoms with Crippen molar-refractivity contribution < 1.29 is 31.1 Å². The molecular formula is C22H30ClF3N2O4S. The number of amides is 1. The summed E-state index contributed by atoms with van der Waals surface area (Å²) in [5.41, 5.74) is -1.23. The van der Waals surface area contributed by atoms with Gasteiger partial charge in [0.2, 0.25) is 10.0 Å². The first-order chi connectivity index (χ1) is 15.5. The molecule has 11 heteroatoms. The fourth-order valence-corrected chi connectivity index (χ4v) is 6.05. The number of ether oxygens (including phenoxy) is 1. The summed E-state index contributed by atoms with van der Waals surface area (Å²) in [5, 5.41) is 2.60. The van der Waals surface area contributed by atoms with Crippen molar-refractivity contribution in [1.82, 2.24) is 9.62 Å². The Morgan fingerprint density at radius 1 is 1.24 bits per heavy atom. The van der Waals surface area contributed by atoms with Gasteiger partial charge in [-0.3, -0.25) is 4.79 Å². The van der Waals surface area contributed by atoms with Gasteiger partial charge in [0.25, 0.3) is 5.91 Å². The maximum absolute atomic E-state index is 12.9. The quantitative estimate of drug-likeness (QED) is 0.592. The first-order valence-corrected chi connectivity index (χ1v) is 13.1. The first kappa shape index (κ1) is 26.2. The van der Waals surface area contributed by atoms with Crippen LogP contribution in [-0.2, 0) is 20.9 Å². The molecule has 3 rings (SSSR count). The SMILES string of the molecule is CCS(=O)(=O)N1CCC(CNC(=O)c2ccc(C(F)(F)F)cc2Cl)(CC2CCOCC2)CC1. The van der Waals surface area contributed by atoms with E-state index in [2.05, 4.69) is 5.32 Å².